The molecule has 17 heavy (non-hydrogen) atoms. The van der Waals surface area contributed by atoms with Crippen LogP contribution in [0.15, 0.2) is 18.2 Å². The highest BCUT2D eigenvalue weighted by atomic mass is 14.9. The minimum atomic E-state index is 0.525. The first kappa shape index (κ1) is 12.1. The second kappa shape index (κ2) is 5.33. The van der Waals surface area contributed by atoms with Crippen molar-refractivity contribution in [3.63, 3.8) is 0 Å². The summed E-state index contributed by atoms with van der Waals surface area (Å²) >= 11 is 0. The lowest BCUT2D eigenvalue weighted by atomic mass is 9.90. The van der Waals surface area contributed by atoms with Crippen molar-refractivity contribution in [2.75, 3.05) is 13.1 Å². The zero-order valence-electron chi connectivity index (χ0n) is 10.7. The molecule has 1 unspecified atom stereocenters. The summed E-state index contributed by atoms with van der Waals surface area (Å²) in [5.41, 5.74) is 3.46. The number of hydrogen-bond donors (Lipinski definition) is 1. The van der Waals surface area contributed by atoms with Crippen molar-refractivity contribution in [1.29, 1.82) is 5.26 Å². The van der Waals surface area contributed by atoms with Crippen LogP contribution in [0.1, 0.15) is 42.9 Å². The lowest BCUT2D eigenvalue weighted by molar-refractivity contribution is 0.645. The van der Waals surface area contributed by atoms with E-state index in [4.69, 9.17) is 0 Å². The van der Waals surface area contributed by atoms with Gasteiger partial charge >= 0.3 is 0 Å². The molecule has 0 spiro atoms. The van der Waals surface area contributed by atoms with Crippen LogP contribution < -0.4 is 5.32 Å². The summed E-state index contributed by atoms with van der Waals surface area (Å²) in [6.45, 7) is 6.55. The first-order valence-electron chi connectivity index (χ1n) is 6.44. The molecule has 0 amide bonds. The molecule has 0 saturated carbocycles. The van der Waals surface area contributed by atoms with Crippen molar-refractivity contribution in [1.82, 2.24) is 5.32 Å². The highest BCUT2D eigenvalue weighted by Crippen LogP contribution is 2.27. The lowest BCUT2D eigenvalue weighted by Crippen LogP contribution is -2.09. The molecular formula is C15H20N2. The highest BCUT2D eigenvalue weighted by molar-refractivity contribution is 5.43. The first-order chi connectivity index (χ1) is 8.20. The molecule has 0 aromatic heterocycles. The van der Waals surface area contributed by atoms with Gasteiger partial charge in [0.15, 0.2) is 0 Å². The first-order valence-corrected chi connectivity index (χ1v) is 6.44. The van der Waals surface area contributed by atoms with Gasteiger partial charge in [-0.15, -0.1) is 0 Å². The number of benzene rings is 1. The number of nitrogens with zero attached hydrogens (tertiary/aromatic N) is 1. The van der Waals surface area contributed by atoms with Gasteiger partial charge in [-0.05, 0) is 48.4 Å². The Hall–Kier alpha value is -1.33. The summed E-state index contributed by atoms with van der Waals surface area (Å²) < 4.78 is 0. The molecule has 1 N–H and O–H groups in total. The average molecular weight is 228 g/mol. The monoisotopic (exact) mass is 228 g/mol. The topological polar surface area (TPSA) is 35.8 Å². The number of hydrogen-bond acceptors (Lipinski definition) is 2. The van der Waals surface area contributed by atoms with Crippen LogP contribution in [-0.4, -0.2) is 13.1 Å². The standard InChI is InChI=1S/C15H20N2/c1-11(2)7-12-3-4-13(9-16)15(8-12)14-5-6-17-10-14/h3-4,8,11,14,17H,5-7,10H2,1-2H3. The van der Waals surface area contributed by atoms with E-state index in [1.54, 1.807) is 0 Å². The third kappa shape index (κ3) is 2.87. The van der Waals surface area contributed by atoms with Crippen LogP contribution in [0.3, 0.4) is 0 Å². The van der Waals surface area contributed by atoms with Gasteiger partial charge in [0.25, 0.3) is 0 Å². The van der Waals surface area contributed by atoms with E-state index in [1.807, 2.05) is 6.07 Å². The molecule has 2 heteroatoms. The fourth-order valence-corrected chi connectivity index (χ4v) is 2.57. The minimum Gasteiger partial charge on any atom is -0.316 e. The second-order valence-corrected chi connectivity index (χ2v) is 5.32. The Morgan fingerprint density at radius 2 is 2.29 bits per heavy atom. The Morgan fingerprint density at radius 3 is 2.88 bits per heavy atom. The van der Waals surface area contributed by atoms with Gasteiger partial charge < -0.3 is 5.32 Å². The van der Waals surface area contributed by atoms with E-state index in [9.17, 15) is 5.26 Å². The summed E-state index contributed by atoms with van der Waals surface area (Å²) in [5, 5.41) is 12.6. The van der Waals surface area contributed by atoms with Gasteiger partial charge in [-0.2, -0.15) is 5.26 Å². The molecule has 1 atom stereocenters. The summed E-state index contributed by atoms with van der Waals surface area (Å²) in [7, 11) is 0. The molecule has 1 aromatic rings. The molecule has 1 aliphatic rings. The maximum atomic E-state index is 9.18. The van der Waals surface area contributed by atoms with Crippen LogP contribution in [0.25, 0.3) is 0 Å². The van der Waals surface area contributed by atoms with Gasteiger partial charge in [0.05, 0.1) is 11.6 Å². The number of nitrogens with one attached hydrogen (secondary N) is 1. The summed E-state index contributed by atoms with van der Waals surface area (Å²) in [4.78, 5) is 0. The molecule has 1 aromatic carbocycles. The van der Waals surface area contributed by atoms with E-state index in [0.29, 0.717) is 11.8 Å². The molecule has 1 saturated heterocycles. The van der Waals surface area contributed by atoms with E-state index in [1.165, 1.54) is 11.1 Å². The maximum Gasteiger partial charge on any atom is 0.0994 e. The molecule has 90 valence electrons. The zero-order chi connectivity index (χ0) is 12.3. The number of rotatable bonds is 3. The Morgan fingerprint density at radius 1 is 1.47 bits per heavy atom. The molecule has 1 aliphatic heterocycles. The van der Waals surface area contributed by atoms with E-state index in [0.717, 1.165) is 31.5 Å². The van der Waals surface area contributed by atoms with Crippen molar-refractivity contribution in [3.05, 3.63) is 34.9 Å². The van der Waals surface area contributed by atoms with Crippen LogP contribution in [0, 0.1) is 17.2 Å². The molecule has 1 fully saturated rings. The van der Waals surface area contributed by atoms with Crippen LogP contribution >= 0.6 is 0 Å². The second-order valence-electron chi connectivity index (χ2n) is 5.32. The van der Waals surface area contributed by atoms with Crippen molar-refractivity contribution < 1.29 is 0 Å². The molecule has 2 nitrogen and oxygen atoms in total. The Balaban J connectivity index is 2.29. The zero-order valence-corrected chi connectivity index (χ0v) is 10.7. The number of nitriles is 1. The molecular weight excluding hydrogens is 208 g/mol. The van der Waals surface area contributed by atoms with Crippen LogP contribution in [0.4, 0.5) is 0 Å². The van der Waals surface area contributed by atoms with Crippen LogP contribution in [-0.2, 0) is 6.42 Å². The van der Waals surface area contributed by atoms with Gasteiger partial charge in [-0.1, -0.05) is 26.0 Å². The van der Waals surface area contributed by atoms with Gasteiger partial charge in [0.2, 0.25) is 0 Å². The van der Waals surface area contributed by atoms with Gasteiger partial charge in [0.1, 0.15) is 0 Å². The minimum absolute atomic E-state index is 0.525. The lowest BCUT2D eigenvalue weighted by Gasteiger charge is -2.14. The van der Waals surface area contributed by atoms with Gasteiger partial charge in [0, 0.05) is 6.54 Å². The molecule has 1 heterocycles. The normalized spacial score (nSPS) is 19.5. The average Bonchev–Trinajstić information content (AvgIpc) is 2.81. The van der Waals surface area contributed by atoms with Gasteiger partial charge in [-0.25, -0.2) is 0 Å². The van der Waals surface area contributed by atoms with Crippen molar-refractivity contribution in [3.8, 4) is 6.07 Å². The quantitative estimate of drug-likeness (QED) is 0.863. The van der Waals surface area contributed by atoms with Crippen molar-refractivity contribution in [2.45, 2.75) is 32.6 Å². The summed E-state index contributed by atoms with van der Waals surface area (Å²) in [6, 6.07) is 8.66. The van der Waals surface area contributed by atoms with E-state index < -0.39 is 0 Å². The Labute approximate surface area is 104 Å². The Kier molecular flexibility index (Phi) is 3.81. The van der Waals surface area contributed by atoms with Crippen molar-refractivity contribution >= 4 is 0 Å². The van der Waals surface area contributed by atoms with Crippen molar-refractivity contribution in [2.24, 2.45) is 5.92 Å². The van der Waals surface area contributed by atoms with E-state index in [-0.39, 0.29) is 0 Å². The van der Waals surface area contributed by atoms with Crippen LogP contribution in [0.5, 0.6) is 0 Å². The molecule has 2 rings (SSSR count). The summed E-state index contributed by atoms with van der Waals surface area (Å²) in [5.74, 6) is 1.19. The third-order valence-corrected chi connectivity index (χ3v) is 3.38. The highest BCUT2D eigenvalue weighted by Gasteiger charge is 2.20. The smallest absolute Gasteiger partial charge is 0.0994 e. The van der Waals surface area contributed by atoms with Crippen LogP contribution in [0.2, 0.25) is 0 Å². The largest absolute Gasteiger partial charge is 0.316 e. The fraction of sp³-hybridized carbons (Fsp3) is 0.533. The SMILES string of the molecule is CC(C)Cc1ccc(C#N)c(C2CCNC2)c1. The molecule has 0 aliphatic carbocycles. The summed E-state index contributed by atoms with van der Waals surface area (Å²) in [6.07, 6.45) is 2.25. The maximum absolute atomic E-state index is 9.18. The fourth-order valence-electron chi connectivity index (χ4n) is 2.57. The van der Waals surface area contributed by atoms with E-state index >= 15 is 0 Å². The Bertz CT molecular complexity index is 423. The predicted octanol–water partition coefficient (Wildman–Crippen LogP) is 2.83. The molecule has 0 radical (unpaired) electrons. The molecule has 0 bridgehead atoms. The third-order valence-electron chi connectivity index (χ3n) is 3.38. The van der Waals surface area contributed by atoms with Gasteiger partial charge in [-0.3, -0.25) is 0 Å². The predicted molar refractivity (Wildman–Crippen MR) is 69.9 cm³/mol. The van der Waals surface area contributed by atoms with E-state index in [2.05, 4.69) is 37.4 Å².